The van der Waals surface area contributed by atoms with Gasteiger partial charge in [-0.15, -0.1) is 24.0 Å². The minimum atomic E-state index is 0. The molecule has 0 saturated carbocycles. The van der Waals surface area contributed by atoms with E-state index in [1.54, 1.807) is 19.0 Å². The van der Waals surface area contributed by atoms with E-state index in [1.807, 2.05) is 24.3 Å². The minimum Gasteiger partial charge on any atom is -0.357 e. The number of aliphatic imine (C=N–C) groups is 1. The summed E-state index contributed by atoms with van der Waals surface area (Å²) in [6.45, 7) is 13.5. The Balaban J connectivity index is 0.00000784. The van der Waals surface area contributed by atoms with Crippen LogP contribution < -0.4 is 10.6 Å². The van der Waals surface area contributed by atoms with Gasteiger partial charge in [0.1, 0.15) is 0 Å². The number of amides is 1. The van der Waals surface area contributed by atoms with Gasteiger partial charge >= 0.3 is 0 Å². The second kappa shape index (κ2) is 15.5. The van der Waals surface area contributed by atoms with Gasteiger partial charge in [-0.05, 0) is 64.0 Å². The quantitative estimate of drug-likeness (QED) is 0.268. The van der Waals surface area contributed by atoms with Gasteiger partial charge in [0.05, 0.1) is 6.54 Å². The molecule has 1 unspecified atom stereocenters. The molecule has 166 valence electrons. The van der Waals surface area contributed by atoms with Gasteiger partial charge in [0.2, 0.25) is 0 Å². The largest absolute Gasteiger partial charge is 0.357 e. The highest BCUT2D eigenvalue weighted by molar-refractivity contribution is 14.0. The average Bonchev–Trinajstić information content (AvgIpc) is 2.69. The molecule has 0 aliphatic rings. The first-order chi connectivity index (χ1) is 13.4. The second-order valence-electron chi connectivity index (χ2n) is 7.31. The normalized spacial score (nSPS) is 12.3. The lowest BCUT2D eigenvalue weighted by atomic mass is 10.1. The first-order valence-electron chi connectivity index (χ1n) is 10.5. The molecule has 6 nitrogen and oxygen atoms in total. The maximum atomic E-state index is 12.0. The number of halogens is 1. The Morgan fingerprint density at radius 2 is 1.72 bits per heavy atom. The number of carbonyl (C=O) groups excluding carboxylic acids is 1. The zero-order chi connectivity index (χ0) is 20.9. The average molecular weight is 518 g/mol. The number of nitrogens with zero attached hydrogens (tertiary/aromatic N) is 3. The fraction of sp³-hybridized carbons (Fsp3) is 0.636. The van der Waals surface area contributed by atoms with Crippen molar-refractivity contribution in [2.24, 2.45) is 4.99 Å². The maximum Gasteiger partial charge on any atom is 0.253 e. The maximum absolute atomic E-state index is 12.0. The van der Waals surface area contributed by atoms with Gasteiger partial charge < -0.3 is 20.4 Å². The van der Waals surface area contributed by atoms with Crippen molar-refractivity contribution in [2.75, 3.05) is 40.3 Å². The Morgan fingerprint density at radius 1 is 1.10 bits per heavy atom. The summed E-state index contributed by atoms with van der Waals surface area (Å²) in [4.78, 5) is 20.7. The van der Waals surface area contributed by atoms with Gasteiger partial charge in [-0.1, -0.05) is 26.0 Å². The third kappa shape index (κ3) is 10.8. The molecule has 0 fully saturated rings. The van der Waals surface area contributed by atoms with Crippen LogP contribution in [-0.4, -0.2) is 68.0 Å². The molecule has 1 amide bonds. The summed E-state index contributed by atoms with van der Waals surface area (Å²) in [5.41, 5.74) is 1.78. The van der Waals surface area contributed by atoms with Crippen LogP contribution in [-0.2, 0) is 6.54 Å². The number of guanidine groups is 1. The molecule has 1 aromatic rings. The molecule has 0 aromatic heterocycles. The monoisotopic (exact) mass is 517 g/mol. The van der Waals surface area contributed by atoms with E-state index in [9.17, 15) is 4.79 Å². The van der Waals surface area contributed by atoms with E-state index in [4.69, 9.17) is 4.99 Å². The van der Waals surface area contributed by atoms with Crippen LogP contribution in [0, 0.1) is 0 Å². The zero-order valence-corrected chi connectivity index (χ0v) is 21.3. The summed E-state index contributed by atoms with van der Waals surface area (Å²) in [6, 6.07) is 8.04. The van der Waals surface area contributed by atoms with Crippen molar-refractivity contribution in [3.63, 3.8) is 0 Å². The highest BCUT2D eigenvalue weighted by Gasteiger charge is 2.08. The molecule has 0 radical (unpaired) electrons. The van der Waals surface area contributed by atoms with Crippen LogP contribution >= 0.6 is 24.0 Å². The highest BCUT2D eigenvalue weighted by Crippen LogP contribution is 2.08. The molecule has 0 bridgehead atoms. The van der Waals surface area contributed by atoms with Crippen molar-refractivity contribution in [1.82, 2.24) is 20.4 Å². The van der Waals surface area contributed by atoms with Crippen LogP contribution in [0.1, 0.15) is 56.5 Å². The third-order valence-electron chi connectivity index (χ3n) is 4.76. The van der Waals surface area contributed by atoms with Crippen molar-refractivity contribution >= 4 is 35.8 Å². The summed E-state index contributed by atoms with van der Waals surface area (Å²) in [6.07, 6.45) is 2.29. The van der Waals surface area contributed by atoms with E-state index in [0.29, 0.717) is 18.2 Å². The predicted octanol–water partition coefficient (Wildman–Crippen LogP) is 3.57. The highest BCUT2D eigenvalue weighted by atomic mass is 127. The third-order valence-corrected chi connectivity index (χ3v) is 4.76. The van der Waals surface area contributed by atoms with E-state index in [1.165, 1.54) is 6.42 Å². The fourth-order valence-electron chi connectivity index (χ4n) is 2.97. The second-order valence-corrected chi connectivity index (χ2v) is 7.31. The van der Waals surface area contributed by atoms with Crippen molar-refractivity contribution in [3.05, 3.63) is 35.4 Å². The first-order valence-corrected chi connectivity index (χ1v) is 10.5. The molecule has 29 heavy (non-hydrogen) atoms. The van der Waals surface area contributed by atoms with Crippen LogP contribution in [0.2, 0.25) is 0 Å². The summed E-state index contributed by atoms with van der Waals surface area (Å²) >= 11 is 0. The molecule has 1 atom stereocenters. The molecule has 1 aromatic carbocycles. The number of carbonyl (C=O) groups is 1. The lowest BCUT2D eigenvalue weighted by Crippen LogP contribution is -2.42. The summed E-state index contributed by atoms with van der Waals surface area (Å²) in [7, 11) is 3.52. The Bertz CT molecular complexity index is 600. The van der Waals surface area contributed by atoms with Gasteiger partial charge in [0, 0.05) is 32.2 Å². The van der Waals surface area contributed by atoms with Gasteiger partial charge in [-0.25, -0.2) is 4.99 Å². The number of hydrogen-bond donors (Lipinski definition) is 2. The number of hydrogen-bond acceptors (Lipinski definition) is 3. The van der Waals surface area contributed by atoms with Gasteiger partial charge in [-0.2, -0.15) is 0 Å². The molecule has 0 aliphatic heterocycles. The first kappa shape index (κ1) is 27.6. The van der Waals surface area contributed by atoms with Crippen molar-refractivity contribution in [3.8, 4) is 0 Å². The Labute approximate surface area is 194 Å². The molecule has 7 heteroatoms. The van der Waals surface area contributed by atoms with E-state index in [2.05, 4.69) is 43.2 Å². The Morgan fingerprint density at radius 3 is 2.24 bits per heavy atom. The van der Waals surface area contributed by atoms with Gasteiger partial charge in [0.25, 0.3) is 5.91 Å². The lowest BCUT2D eigenvalue weighted by Gasteiger charge is -2.21. The van der Waals surface area contributed by atoms with E-state index in [-0.39, 0.29) is 29.9 Å². The molecule has 1 rings (SSSR count). The van der Waals surface area contributed by atoms with Crippen LogP contribution in [0.25, 0.3) is 0 Å². The minimum absolute atomic E-state index is 0. The van der Waals surface area contributed by atoms with Crippen LogP contribution in [0.3, 0.4) is 0 Å². The molecule has 0 spiro atoms. The Kier molecular flexibility index (Phi) is 14.8. The Hall–Kier alpha value is -1.35. The standard InChI is InChI=1S/C22H39N5O.HI/c1-7-23-22(25-18(4)11-10-16-27(8-2)9-3)24-17-19-12-14-20(15-13-19)21(28)26(5)6;/h12-15,18H,7-11,16-17H2,1-6H3,(H2,23,24,25);1H. The summed E-state index contributed by atoms with van der Waals surface area (Å²) < 4.78 is 0. The van der Waals surface area contributed by atoms with Gasteiger partial charge in [-0.3, -0.25) is 4.79 Å². The lowest BCUT2D eigenvalue weighted by molar-refractivity contribution is 0.0827. The zero-order valence-electron chi connectivity index (χ0n) is 19.0. The summed E-state index contributed by atoms with van der Waals surface area (Å²) in [5.74, 6) is 0.856. The topological polar surface area (TPSA) is 60.0 Å². The predicted molar refractivity (Wildman–Crippen MR) is 134 cm³/mol. The van der Waals surface area contributed by atoms with Crippen molar-refractivity contribution in [1.29, 1.82) is 0 Å². The van der Waals surface area contributed by atoms with Crippen molar-refractivity contribution < 1.29 is 4.79 Å². The molecular weight excluding hydrogens is 477 g/mol. The summed E-state index contributed by atoms with van der Waals surface area (Å²) in [5, 5.41) is 6.82. The number of benzene rings is 1. The molecule has 0 aliphatic carbocycles. The number of rotatable bonds is 11. The van der Waals surface area contributed by atoms with E-state index in [0.717, 1.165) is 44.1 Å². The van der Waals surface area contributed by atoms with Crippen LogP contribution in [0.15, 0.2) is 29.3 Å². The number of nitrogens with one attached hydrogen (secondary N) is 2. The smallest absolute Gasteiger partial charge is 0.253 e. The molecule has 0 heterocycles. The molecule has 2 N–H and O–H groups in total. The molecular formula is C22H40IN5O. The molecule has 0 saturated heterocycles. The van der Waals surface area contributed by atoms with Crippen LogP contribution in [0.5, 0.6) is 0 Å². The van der Waals surface area contributed by atoms with Gasteiger partial charge in [0.15, 0.2) is 5.96 Å². The SMILES string of the molecule is CCNC(=NCc1ccc(C(=O)N(C)C)cc1)NC(C)CCCN(CC)CC.I. The van der Waals surface area contributed by atoms with Crippen molar-refractivity contribution in [2.45, 2.75) is 53.1 Å². The van der Waals surface area contributed by atoms with E-state index >= 15 is 0 Å². The fourth-order valence-corrected chi connectivity index (χ4v) is 2.97. The van der Waals surface area contributed by atoms with E-state index < -0.39 is 0 Å². The van der Waals surface area contributed by atoms with Crippen LogP contribution in [0.4, 0.5) is 0 Å².